The van der Waals surface area contributed by atoms with Crippen molar-refractivity contribution >= 4 is 27.5 Å². The van der Waals surface area contributed by atoms with Gasteiger partial charge in [-0.15, -0.1) is 0 Å². The molecule has 5 heteroatoms. The molecule has 0 heterocycles. The van der Waals surface area contributed by atoms with E-state index >= 15 is 0 Å². The number of anilines is 1. The standard InChI is InChI=1S/C21H26BrNO3/c1-3-4-5-6-7-14-26-18-11-9-17(10-12-18)23-21(24)19-15-16(22)8-13-20(19)25-2/h8-13,15H,3-7,14H2,1-2H3,(H,23,24). The zero-order valence-electron chi connectivity index (χ0n) is 15.4. The van der Waals surface area contributed by atoms with Crippen LogP contribution in [0.15, 0.2) is 46.9 Å². The van der Waals surface area contributed by atoms with Gasteiger partial charge in [-0.05, 0) is 48.9 Å². The molecule has 0 aliphatic carbocycles. The fourth-order valence-electron chi connectivity index (χ4n) is 2.59. The number of halogens is 1. The first kappa shape index (κ1) is 20.3. The number of hydrogen-bond donors (Lipinski definition) is 1. The van der Waals surface area contributed by atoms with E-state index in [1.165, 1.54) is 25.7 Å². The monoisotopic (exact) mass is 419 g/mol. The third kappa shape index (κ3) is 6.37. The lowest BCUT2D eigenvalue weighted by atomic mass is 10.1. The van der Waals surface area contributed by atoms with Gasteiger partial charge in [0.1, 0.15) is 11.5 Å². The van der Waals surface area contributed by atoms with E-state index in [1.807, 2.05) is 30.3 Å². The Labute approximate surface area is 164 Å². The zero-order chi connectivity index (χ0) is 18.8. The van der Waals surface area contributed by atoms with Crippen LogP contribution in [-0.2, 0) is 0 Å². The number of benzene rings is 2. The summed E-state index contributed by atoms with van der Waals surface area (Å²) in [7, 11) is 1.55. The van der Waals surface area contributed by atoms with Crippen LogP contribution < -0.4 is 14.8 Å². The van der Waals surface area contributed by atoms with Crippen molar-refractivity contribution in [2.75, 3.05) is 19.0 Å². The van der Waals surface area contributed by atoms with Crippen LogP contribution >= 0.6 is 15.9 Å². The largest absolute Gasteiger partial charge is 0.496 e. The maximum absolute atomic E-state index is 12.5. The van der Waals surface area contributed by atoms with E-state index in [2.05, 4.69) is 28.2 Å². The molecule has 1 amide bonds. The quantitative estimate of drug-likeness (QED) is 0.476. The van der Waals surface area contributed by atoms with Crippen molar-refractivity contribution in [1.29, 1.82) is 0 Å². The van der Waals surface area contributed by atoms with Crippen molar-refractivity contribution in [3.8, 4) is 11.5 Å². The smallest absolute Gasteiger partial charge is 0.259 e. The topological polar surface area (TPSA) is 47.6 Å². The summed E-state index contributed by atoms with van der Waals surface area (Å²) in [6, 6.07) is 12.8. The second-order valence-corrected chi connectivity index (χ2v) is 7.00. The SMILES string of the molecule is CCCCCCCOc1ccc(NC(=O)c2cc(Br)ccc2OC)cc1. The van der Waals surface area contributed by atoms with Crippen molar-refractivity contribution in [3.05, 3.63) is 52.5 Å². The fourth-order valence-corrected chi connectivity index (χ4v) is 2.95. The number of carbonyl (C=O) groups is 1. The lowest BCUT2D eigenvalue weighted by Crippen LogP contribution is -2.13. The van der Waals surface area contributed by atoms with Crippen LogP contribution in [0.2, 0.25) is 0 Å². The lowest BCUT2D eigenvalue weighted by Gasteiger charge is -2.11. The Kier molecular flexibility index (Phi) is 8.48. The molecule has 140 valence electrons. The van der Waals surface area contributed by atoms with Gasteiger partial charge >= 0.3 is 0 Å². The van der Waals surface area contributed by atoms with E-state index in [0.29, 0.717) is 17.0 Å². The van der Waals surface area contributed by atoms with E-state index < -0.39 is 0 Å². The van der Waals surface area contributed by atoms with Gasteiger partial charge in [-0.3, -0.25) is 4.79 Å². The lowest BCUT2D eigenvalue weighted by molar-refractivity contribution is 0.102. The molecule has 0 saturated carbocycles. The van der Waals surface area contributed by atoms with Crippen LogP contribution in [0.3, 0.4) is 0 Å². The molecule has 0 saturated heterocycles. The molecule has 0 radical (unpaired) electrons. The van der Waals surface area contributed by atoms with Gasteiger partial charge in [0.15, 0.2) is 0 Å². The highest BCUT2D eigenvalue weighted by Crippen LogP contribution is 2.24. The first-order chi connectivity index (χ1) is 12.6. The molecule has 2 aromatic carbocycles. The molecule has 0 fully saturated rings. The molecule has 0 aromatic heterocycles. The first-order valence-electron chi connectivity index (χ1n) is 9.01. The Bertz CT molecular complexity index is 701. The van der Waals surface area contributed by atoms with Crippen molar-refractivity contribution in [1.82, 2.24) is 0 Å². The Hall–Kier alpha value is -2.01. The molecular formula is C21H26BrNO3. The summed E-state index contributed by atoms with van der Waals surface area (Å²) < 4.78 is 11.8. The zero-order valence-corrected chi connectivity index (χ0v) is 17.0. The minimum atomic E-state index is -0.215. The Morgan fingerprint density at radius 1 is 1.04 bits per heavy atom. The molecule has 0 bridgehead atoms. The number of unbranched alkanes of at least 4 members (excludes halogenated alkanes) is 4. The van der Waals surface area contributed by atoms with E-state index in [0.717, 1.165) is 23.2 Å². The summed E-state index contributed by atoms with van der Waals surface area (Å²) in [6.07, 6.45) is 6.08. The molecule has 2 aromatic rings. The minimum absolute atomic E-state index is 0.215. The molecule has 26 heavy (non-hydrogen) atoms. The molecule has 0 aliphatic heterocycles. The number of methoxy groups -OCH3 is 1. The maximum Gasteiger partial charge on any atom is 0.259 e. The van der Waals surface area contributed by atoms with Gasteiger partial charge in [-0.25, -0.2) is 0 Å². The van der Waals surface area contributed by atoms with Crippen LogP contribution in [0.1, 0.15) is 49.4 Å². The van der Waals surface area contributed by atoms with Crippen molar-refractivity contribution < 1.29 is 14.3 Å². The Morgan fingerprint density at radius 3 is 2.46 bits per heavy atom. The van der Waals surface area contributed by atoms with Gasteiger partial charge in [0.2, 0.25) is 0 Å². The van der Waals surface area contributed by atoms with E-state index in [1.54, 1.807) is 19.2 Å². The Balaban J connectivity index is 1.87. The summed E-state index contributed by atoms with van der Waals surface area (Å²) in [5, 5.41) is 2.88. The number of hydrogen-bond acceptors (Lipinski definition) is 3. The number of rotatable bonds is 10. The van der Waals surface area contributed by atoms with Gasteiger partial charge in [-0.1, -0.05) is 48.5 Å². The molecular weight excluding hydrogens is 394 g/mol. The predicted molar refractivity (Wildman–Crippen MR) is 109 cm³/mol. The molecule has 0 aliphatic rings. The van der Waals surface area contributed by atoms with Crippen molar-refractivity contribution in [3.63, 3.8) is 0 Å². The van der Waals surface area contributed by atoms with E-state index in [4.69, 9.17) is 9.47 Å². The third-order valence-electron chi connectivity index (χ3n) is 4.03. The van der Waals surface area contributed by atoms with Gasteiger partial charge in [0.05, 0.1) is 19.3 Å². The summed E-state index contributed by atoms with van der Waals surface area (Å²) in [5.41, 5.74) is 1.20. The molecule has 1 N–H and O–H groups in total. The first-order valence-corrected chi connectivity index (χ1v) is 9.81. The molecule has 2 rings (SSSR count). The van der Waals surface area contributed by atoms with Crippen molar-refractivity contribution in [2.24, 2.45) is 0 Å². The number of carbonyl (C=O) groups excluding carboxylic acids is 1. The second-order valence-electron chi connectivity index (χ2n) is 6.09. The highest BCUT2D eigenvalue weighted by molar-refractivity contribution is 9.10. The van der Waals surface area contributed by atoms with Crippen LogP contribution in [0, 0.1) is 0 Å². The number of amides is 1. The van der Waals surface area contributed by atoms with Gasteiger partial charge < -0.3 is 14.8 Å². The normalized spacial score (nSPS) is 10.4. The molecule has 0 unspecified atom stereocenters. The average molecular weight is 420 g/mol. The average Bonchev–Trinajstić information content (AvgIpc) is 2.65. The van der Waals surface area contributed by atoms with Gasteiger partial charge in [0, 0.05) is 10.2 Å². The summed E-state index contributed by atoms with van der Waals surface area (Å²) in [4.78, 5) is 12.5. The van der Waals surface area contributed by atoms with Crippen LogP contribution in [-0.4, -0.2) is 19.6 Å². The number of nitrogens with one attached hydrogen (secondary N) is 1. The highest BCUT2D eigenvalue weighted by Gasteiger charge is 2.13. The maximum atomic E-state index is 12.5. The number of ether oxygens (including phenoxy) is 2. The van der Waals surface area contributed by atoms with Crippen LogP contribution in [0.5, 0.6) is 11.5 Å². The van der Waals surface area contributed by atoms with E-state index in [9.17, 15) is 4.79 Å². The van der Waals surface area contributed by atoms with Gasteiger partial charge in [-0.2, -0.15) is 0 Å². The summed E-state index contributed by atoms with van der Waals surface area (Å²) in [5.74, 6) is 1.14. The van der Waals surface area contributed by atoms with Crippen LogP contribution in [0.25, 0.3) is 0 Å². The Morgan fingerprint density at radius 2 is 1.77 bits per heavy atom. The molecule has 0 spiro atoms. The molecule has 4 nitrogen and oxygen atoms in total. The van der Waals surface area contributed by atoms with Crippen LogP contribution in [0.4, 0.5) is 5.69 Å². The van der Waals surface area contributed by atoms with Gasteiger partial charge in [0.25, 0.3) is 5.91 Å². The predicted octanol–water partition coefficient (Wildman–Crippen LogP) is 6.06. The fraction of sp³-hybridized carbons (Fsp3) is 0.381. The van der Waals surface area contributed by atoms with E-state index in [-0.39, 0.29) is 5.91 Å². The summed E-state index contributed by atoms with van der Waals surface area (Å²) >= 11 is 3.38. The second kappa shape index (κ2) is 10.9. The molecule has 0 atom stereocenters. The van der Waals surface area contributed by atoms with Crippen molar-refractivity contribution in [2.45, 2.75) is 39.0 Å². The summed E-state index contributed by atoms with van der Waals surface area (Å²) in [6.45, 7) is 2.94. The minimum Gasteiger partial charge on any atom is -0.496 e. The third-order valence-corrected chi connectivity index (χ3v) is 4.53. The highest BCUT2D eigenvalue weighted by atomic mass is 79.9.